The van der Waals surface area contributed by atoms with Crippen LogP contribution in [-0.4, -0.2) is 18.2 Å². The maximum absolute atomic E-state index is 14.1. The van der Waals surface area contributed by atoms with E-state index in [9.17, 15) is 13.9 Å². The van der Waals surface area contributed by atoms with Gasteiger partial charge in [0.2, 0.25) is 0 Å². The van der Waals surface area contributed by atoms with Crippen molar-refractivity contribution in [2.24, 2.45) is 0 Å². The third-order valence-electron chi connectivity index (χ3n) is 4.73. The number of aliphatic hydroxyl groups excluding tert-OH is 1. The molecule has 0 amide bonds. The van der Waals surface area contributed by atoms with E-state index in [1.165, 1.54) is 11.0 Å². The monoisotopic (exact) mass is 436 g/mol. The first kappa shape index (κ1) is 21.2. The Bertz CT molecular complexity index is 1000. The molecule has 0 unspecified atom stereocenters. The lowest BCUT2D eigenvalue weighted by molar-refractivity contribution is 0.422. The van der Waals surface area contributed by atoms with Gasteiger partial charge in [-0.25, -0.2) is 8.78 Å². The number of anilines is 1. The van der Waals surface area contributed by atoms with Crippen LogP contribution >= 0.6 is 23.2 Å². The fourth-order valence-electron chi connectivity index (χ4n) is 3.13. The molecule has 0 fully saturated rings. The molecular weight excluding hydrogens is 417 g/mol. The Labute approximate surface area is 178 Å². The lowest BCUT2D eigenvalue weighted by Gasteiger charge is -2.20. The molecule has 7 heteroatoms. The third kappa shape index (κ3) is 4.74. The van der Waals surface area contributed by atoms with Gasteiger partial charge in [0.1, 0.15) is 17.4 Å². The summed E-state index contributed by atoms with van der Waals surface area (Å²) in [4.78, 5) is 1.49. The van der Waals surface area contributed by atoms with Crippen LogP contribution in [0.1, 0.15) is 12.0 Å². The molecule has 29 heavy (non-hydrogen) atoms. The minimum Gasteiger partial charge on any atom is -0.505 e. The minimum absolute atomic E-state index is 0.0595. The fraction of sp³-hybridized carbons (Fsp3) is 0.182. The highest BCUT2D eigenvalue weighted by molar-refractivity contribution is 6.42. The predicted octanol–water partition coefficient (Wildman–Crippen LogP) is 6.15. The molecule has 1 aliphatic rings. The number of nitrogens with one attached hydrogen (secondary N) is 1. The van der Waals surface area contributed by atoms with Crippen LogP contribution in [0, 0.1) is 11.6 Å². The van der Waals surface area contributed by atoms with Crippen molar-refractivity contribution in [3.8, 4) is 0 Å². The number of halogens is 4. The first-order valence-corrected chi connectivity index (χ1v) is 9.74. The number of aryl methyl sites for hydroxylation is 1. The van der Waals surface area contributed by atoms with Crippen molar-refractivity contribution in [3.05, 3.63) is 99.5 Å². The number of hydrogen-bond donors (Lipinski definition) is 2. The summed E-state index contributed by atoms with van der Waals surface area (Å²) >= 11 is 11.9. The topological polar surface area (TPSA) is 35.5 Å². The summed E-state index contributed by atoms with van der Waals surface area (Å²) < 4.78 is 27.3. The van der Waals surface area contributed by atoms with Crippen LogP contribution in [0.4, 0.5) is 14.5 Å². The van der Waals surface area contributed by atoms with E-state index in [1.54, 1.807) is 6.07 Å². The molecule has 0 saturated heterocycles. The Balaban J connectivity index is 1.57. The standard InChI is InChI=1S/C22H20Cl2F2N2O/c1-13(27-9-3-4-15-5-7-18(23)19(24)10-15)17-12-28(14(2)22(17)29)21-8-6-16(25)11-20(21)26/h5-8,10-11,27,29H,1-4,9,12H2. The second-order valence-corrected chi connectivity index (χ2v) is 7.53. The van der Waals surface area contributed by atoms with Gasteiger partial charge in [0, 0.05) is 23.9 Å². The average molecular weight is 437 g/mol. The Morgan fingerprint density at radius 2 is 1.90 bits per heavy atom. The van der Waals surface area contributed by atoms with Crippen LogP contribution in [0.15, 0.2) is 72.3 Å². The predicted molar refractivity (Wildman–Crippen MR) is 114 cm³/mol. The highest BCUT2D eigenvalue weighted by Crippen LogP contribution is 2.34. The van der Waals surface area contributed by atoms with Crippen LogP contribution in [0.5, 0.6) is 0 Å². The number of nitrogens with zero attached hydrogens (tertiary/aromatic N) is 1. The number of rotatable bonds is 7. The van der Waals surface area contributed by atoms with Crippen molar-refractivity contribution >= 4 is 28.9 Å². The van der Waals surface area contributed by atoms with E-state index in [-0.39, 0.29) is 23.7 Å². The Morgan fingerprint density at radius 3 is 2.59 bits per heavy atom. The Morgan fingerprint density at radius 1 is 1.14 bits per heavy atom. The molecule has 0 aliphatic carbocycles. The third-order valence-corrected chi connectivity index (χ3v) is 5.47. The summed E-state index contributed by atoms with van der Waals surface area (Å²) in [6.45, 7) is 8.58. The first-order valence-electron chi connectivity index (χ1n) is 8.99. The van der Waals surface area contributed by atoms with E-state index in [4.69, 9.17) is 23.2 Å². The summed E-state index contributed by atoms with van der Waals surface area (Å²) in [5.41, 5.74) is 2.51. The van der Waals surface area contributed by atoms with Gasteiger partial charge in [-0.15, -0.1) is 0 Å². The van der Waals surface area contributed by atoms with Gasteiger partial charge < -0.3 is 15.3 Å². The van der Waals surface area contributed by atoms with Crippen molar-refractivity contribution < 1.29 is 13.9 Å². The van der Waals surface area contributed by atoms with Gasteiger partial charge in [-0.2, -0.15) is 0 Å². The molecule has 0 atom stereocenters. The summed E-state index contributed by atoms with van der Waals surface area (Å²) in [6.07, 6.45) is 1.60. The van der Waals surface area contributed by atoms with E-state index < -0.39 is 11.6 Å². The number of benzene rings is 2. The van der Waals surface area contributed by atoms with Crippen molar-refractivity contribution in [2.75, 3.05) is 18.0 Å². The lowest BCUT2D eigenvalue weighted by atomic mass is 10.1. The van der Waals surface area contributed by atoms with Gasteiger partial charge in [-0.1, -0.05) is 42.4 Å². The highest BCUT2D eigenvalue weighted by Gasteiger charge is 2.29. The quantitative estimate of drug-likeness (QED) is 0.510. The lowest BCUT2D eigenvalue weighted by Crippen LogP contribution is -2.22. The van der Waals surface area contributed by atoms with Gasteiger partial charge >= 0.3 is 0 Å². The van der Waals surface area contributed by atoms with E-state index in [2.05, 4.69) is 18.5 Å². The zero-order valence-corrected chi connectivity index (χ0v) is 17.1. The molecule has 0 saturated carbocycles. The number of aliphatic hydroxyl groups is 1. The first-order chi connectivity index (χ1) is 13.8. The zero-order chi connectivity index (χ0) is 21.1. The van der Waals surface area contributed by atoms with Crippen molar-refractivity contribution in [1.82, 2.24) is 5.32 Å². The van der Waals surface area contributed by atoms with Gasteiger partial charge in [0.05, 0.1) is 28.0 Å². The summed E-state index contributed by atoms with van der Waals surface area (Å²) in [5.74, 6) is -1.45. The summed E-state index contributed by atoms with van der Waals surface area (Å²) in [6, 6.07) is 8.81. The normalized spacial score (nSPS) is 13.9. The van der Waals surface area contributed by atoms with Crippen molar-refractivity contribution in [3.63, 3.8) is 0 Å². The average Bonchev–Trinajstić information content (AvgIpc) is 2.97. The second-order valence-electron chi connectivity index (χ2n) is 6.71. The molecule has 3 nitrogen and oxygen atoms in total. The summed E-state index contributed by atoms with van der Waals surface area (Å²) in [5, 5.41) is 14.6. The molecule has 0 bridgehead atoms. The maximum atomic E-state index is 14.1. The fourth-order valence-corrected chi connectivity index (χ4v) is 3.45. The molecular formula is C22H20Cl2F2N2O. The molecule has 1 heterocycles. The maximum Gasteiger partial charge on any atom is 0.149 e. The van der Waals surface area contributed by atoms with Gasteiger partial charge in [0.25, 0.3) is 0 Å². The van der Waals surface area contributed by atoms with Gasteiger partial charge in [-0.05, 0) is 42.7 Å². The molecule has 1 aliphatic heterocycles. The molecule has 2 aromatic rings. The minimum atomic E-state index is -0.722. The largest absolute Gasteiger partial charge is 0.505 e. The molecule has 0 spiro atoms. The zero-order valence-electron chi connectivity index (χ0n) is 15.6. The second kappa shape index (κ2) is 8.89. The van der Waals surface area contributed by atoms with Crippen molar-refractivity contribution in [1.29, 1.82) is 0 Å². The van der Waals surface area contributed by atoms with E-state index in [0.717, 1.165) is 30.5 Å². The summed E-state index contributed by atoms with van der Waals surface area (Å²) in [7, 11) is 0. The van der Waals surface area contributed by atoms with E-state index in [1.807, 2.05) is 12.1 Å². The smallest absolute Gasteiger partial charge is 0.149 e. The molecule has 3 rings (SSSR count). The molecule has 2 aromatic carbocycles. The van der Waals surface area contributed by atoms with E-state index in [0.29, 0.717) is 27.9 Å². The van der Waals surface area contributed by atoms with Gasteiger partial charge in [-0.3, -0.25) is 0 Å². The van der Waals surface area contributed by atoms with Crippen molar-refractivity contribution in [2.45, 2.75) is 12.8 Å². The van der Waals surface area contributed by atoms with Crippen LogP contribution in [0.2, 0.25) is 10.0 Å². The van der Waals surface area contributed by atoms with Crippen LogP contribution in [0.3, 0.4) is 0 Å². The molecule has 152 valence electrons. The molecule has 2 N–H and O–H groups in total. The molecule has 0 radical (unpaired) electrons. The SMILES string of the molecule is C=C(NCCCc1ccc(Cl)c(Cl)c1)C1=C(O)C(=C)N(c2ccc(F)cc2F)C1. The van der Waals surface area contributed by atoms with Crippen LogP contribution in [-0.2, 0) is 6.42 Å². The highest BCUT2D eigenvalue weighted by atomic mass is 35.5. The van der Waals surface area contributed by atoms with Gasteiger partial charge in [0.15, 0.2) is 0 Å². The Kier molecular flexibility index (Phi) is 6.50. The van der Waals surface area contributed by atoms with Crippen LogP contribution in [0.25, 0.3) is 0 Å². The van der Waals surface area contributed by atoms with Crippen LogP contribution < -0.4 is 10.2 Å². The molecule has 0 aromatic heterocycles. The Hall–Kier alpha value is -2.50. The number of hydrogen-bond acceptors (Lipinski definition) is 3. The van der Waals surface area contributed by atoms with E-state index >= 15 is 0 Å².